The summed E-state index contributed by atoms with van der Waals surface area (Å²) in [5.74, 6) is 3.64. The van der Waals surface area contributed by atoms with E-state index in [1.807, 2.05) is 14.2 Å². The van der Waals surface area contributed by atoms with Gasteiger partial charge in [-0.15, -0.1) is 0 Å². The Morgan fingerprint density at radius 2 is 1.17 bits per heavy atom. The van der Waals surface area contributed by atoms with Gasteiger partial charge in [-0.05, 0) is 115 Å². The lowest BCUT2D eigenvalue weighted by Crippen LogP contribution is -2.52. The van der Waals surface area contributed by atoms with E-state index in [0.717, 1.165) is 48.7 Å². The number of hydrogen-bond donors (Lipinski definition) is 0. The second-order valence-electron chi connectivity index (χ2n) is 14.7. The van der Waals surface area contributed by atoms with Crippen molar-refractivity contribution in [2.45, 2.75) is 173 Å². The van der Waals surface area contributed by atoms with Crippen LogP contribution in [-0.2, 0) is 9.47 Å². The molecular weight excluding hydrogens is 502 g/mol. The smallest absolute Gasteiger partial charge is 0.0641 e. The van der Waals surface area contributed by atoms with Crippen LogP contribution >= 0.6 is 0 Å². The Kier molecular flexibility index (Phi) is 14.3. The van der Waals surface area contributed by atoms with Crippen LogP contribution in [0.2, 0.25) is 0 Å². The third-order valence-corrected chi connectivity index (χ3v) is 11.9. The summed E-state index contributed by atoms with van der Waals surface area (Å²) in [4.78, 5) is 3.16. The first-order chi connectivity index (χ1) is 20.1. The van der Waals surface area contributed by atoms with Crippen molar-refractivity contribution >= 4 is 0 Å². The van der Waals surface area contributed by atoms with Crippen LogP contribution in [0.25, 0.3) is 0 Å². The molecule has 4 atom stereocenters. The van der Waals surface area contributed by atoms with Crippen LogP contribution in [0.4, 0.5) is 0 Å². The first kappa shape index (κ1) is 33.3. The zero-order valence-electron chi connectivity index (χ0n) is 27.8. The van der Waals surface area contributed by atoms with Gasteiger partial charge in [-0.1, -0.05) is 70.3 Å². The molecule has 0 aromatic rings. The maximum Gasteiger partial charge on any atom is 0.0641 e. The lowest BCUT2D eigenvalue weighted by molar-refractivity contribution is -0.0424. The fourth-order valence-electron chi connectivity index (χ4n) is 9.30. The number of nitrogens with zero attached hydrogens (tertiary/aromatic N) is 1. The number of methoxy groups -OCH3 is 2. The third kappa shape index (κ3) is 9.67. The summed E-state index contributed by atoms with van der Waals surface area (Å²) in [6.45, 7) is 6.94. The summed E-state index contributed by atoms with van der Waals surface area (Å²) in [5, 5.41) is 0. The molecule has 0 saturated heterocycles. The second kappa shape index (κ2) is 17.6. The molecule has 0 aliphatic heterocycles. The van der Waals surface area contributed by atoms with Crippen molar-refractivity contribution in [3.8, 4) is 0 Å². The van der Waals surface area contributed by atoms with E-state index in [2.05, 4.69) is 50.0 Å². The Morgan fingerprint density at radius 3 is 1.71 bits per heavy atom. The lowest BCUT2D eigenvalue weighted by atomic mass is 9.75. The molecule has 4 fully saturated rings. The monoisotopic (exact) mass is 570 g/mol. The highest BCUT2D eigenvalue weighted by Gasteiger charge is 2.38. The lowest BCUT2D eigenvalue weighted by Gasteiger charge is -2.49. The van der Waals surface area contributed by atoms with Crippen LogP contribution in [0.5, 0.6) is 0 Å². The molecule has 4 unspecified atom stereocenters. The Hall–Kier alpha value is -0.640. The second-order valence-corrected chi connectivity index (χ2v) is 14.7. The molecule has 0 N–H and O–H groups in total. The summed E-state index contributed by atoms with van der Waals surface area (Å²) in [6, 6.07) is 2.54. The van der Waals surface area contributed by atoms with Gasteiger partial charge in [-0.3, -0.25) is 4.90 Å². The van der Waals surface area contributed by atoms with Gasteiger partial charge < -0.3 is 9.47 Å². The largest absolute Gasteiger partial charge is 0.381 e. The van der Waals surface area contributed by atoms with Gasteiger partial charge in [0.15, 0.2) is 0 Å². The molecule has 0 aromatic heterocycles. The van der Waals surface area contributed by atoms with Gasteiger partial charge in [0.05, 0.1) is 12.2 Å². The molecule has 3 heteroatoms. The van der Waals surface area contributed by atoms with E-state index in [1.54, 1.807) is 0 Å². The summed E-state index contributed by atoms with van der Waals surface area (Å²) in [7, 11) is 3.78. The topological polar surface area (TPSA) is 21.7 Å². The average molecular weight is 570 g/mol. The van der Waals surface area contributed by atoms with E-state index in [1.165, 1.54) is 109 Å². The molecule has 4 saturated carbocycles. The van der Waals surface area contributed by atoms with E-state index < -0.39 is 0 Å². The normalized spacial score (nSPS) is 39.2. The number of allylic oxidation sites excluding steroid dienone is 2. The molecule has 41 heavy (non-hydrogen) atoms. The summed E-state index contributed by atoms with van der Waals surface area (Å²) >= 11 is 0. The molecule has 0 spiro atoms. The molecule has 4 aliphatic carbocycles. The summed E-state index contributed by atoms with van der Waals surface area (Å²) in [6.07, 6.45) is 36.9. The minimum atomic E-state index is 0.307. The maximum absolute atomic E-state index is 6.00. The van der Waals surface area contributed by atoms with Gasteiger partial charge in [0.2, 0.25) is 0 Å². The molecule has 0 amide bonds. The van der Waals surface area contributed by atoms with Crippen molar-refractivity contribution in [2.24, 2.45) is 29.6 Å². The Morgan fingerprint density at radius 1 is 0.634 bits per heavy atom. The number of rotatable bonds is 13. The first-order valence-electron chi connectivity index (χ1n) is 18.2. The maximum atomic E-state index is 6.00. The van der Waals surface area contributed by atoms with Crippen molar-refractivity contribution in [2.75, 3.05) is 14.2 Å². The standard InChI is InChI=1S/C38H67NO2/c1-6-8-9-10-12-30-16-23-35(24-17-30)39(34-21-13-29(3)14-22-34)36-25-18-31(19-26-36)15-20-33-28-37(40-4)32(11-7-2)27-38(33)41-5/h7,11,15,20,29-38H,6,8-10,12-14,16-19,21-28H2,1-5H3/b11-7+,20-15+. The molecule has 4 aliphatic rings. The Balaban J connectivity index is 1.31. The number of ether oxygens (including phenoxy) is 2. The zero-order valence-corrected chi connectivity index (χ0v) is 27.8. The van der Waals surface area contributed by atoms with Gasteiger partial charge in [-0.2, -0.15) is 0 Å². The molecule has 4 rings (SSSR count). The highest BCUT2D eigenvalue weighted by molar-refractivity contribution is 5.05. The molecule has 0 bridgehead atoms. The van der Waals surface area contributed by atoms with Crippen molar-refractivity contribution in [1.82, 2.24) is 4.90 Å². The predicted molar refractivity (Wildman–Crippen MR) is 175 cm³/mol. The molecule has 0 aromatic carbocycles. The first-order valence-corrected chi connectivity index (χ1v) is 18.2. The van der Waals surface area contributed by atoms with Crippen molar-refractivity contribution < 1.29 is 9.47 Å². The van der Waals surface area contributed by atoms with E-state index in [4.69, 9.17) is 9.47 Å². The van der Waals surface area contributed by atoms with E-state index >= 15 is 0 Å². The molecule has 236 valence electrons. The van der Waals surface area contributed by atoms with E-state index in [0.29, 0.717) is 24.0 Å². The van der Waals surface area contributed by atoms with Crippen molar-refractivity contribution in [3.05, 3.63) is 24.3 Å². The highest BCUT2D eigenvalue weighted by Crippen LogP contribution is 2.41. The third-order valence-electron chi connectivity index (χ3n) is 11.9. The van der Waals surface area contributed by atoms with Gasteiger partial charge in [-0.25, -0.2) is 0 Å². The average Bonchev–Trinajstić information content (AvgIpc) is 3.01. The van der Waals surface area contributed by atoms with Gasteiger partial charge >= 0.3 is 0 Å². The summed E-state index contributed by atoms with van der Waals surface area (Å²) in [5.41, 5.74) is 0. The fourth-order valence-corrected chi connectivity index (χ4v) is 9.30. The minimum absolute atomic E-state index is 0.307. The van der Waals surface area contributed by atoms with Crippen LogP contribution in [0.1, 0.15) is 143 Å². The quantitative estimate of drug-likeness (QED) is 0.163. The van der Waals surface area contributed by atoms with Crippen LogP contribution in [0.15, 0.2) is 24.3 Å². The van der Waals surface area contributed by atoms with Crippen molar-refractivity contribution in [3.63, 3.8) is 0 Å². The van der Waals surface area contributed by atoms with E-state index in [9.17, 15) is 0 Å². The zero-order chi connectivity index (χ0) is 29.0. The Bertz CT molecular complexity index is 754. The molecule has 0 heterocycles. The van der Waals surface area contributed by atoms with E-state index in [-0.39, 0.29) is 0 Å². The van der Waals surface area contributed by atoms with Gasteiger partial charge in [0, 0.05) is 44.2 Å². The molecular formula is C38H67NO2. The van der Waals surface area contributed by atoms with Crippen LogP contribution in [0.3, 0.4) is 0 Å². The SMILES string of the molecule is C/C=C/C1CC(OC)C(/C=C/C2CCC(N(C3CCC(C)CC3)C3CCC(CCCCCC)CC3)CC2)CC1OC. The van der Waals surface area contributed by atoms with Crippen LogP contribution < -0.4 is 0 Å². The fraction of sp³-hybridized carbons (Fsp3) is 0.895. The highest BCUT2D eigenvalue weighted by atomic mass is 16.5. The van der Waals surface area contributed by atoms with Crippen molar-refractivity contribution in [1.29, 1.82) is 0 Å². The number of unbranched alkanes of at least 4 members (excludes halogenated alkanes) is 3. The summed E-state index contributed by atoms with van der Waals surface area (Å²) < 4.78 is 11.9. The predicted octanol–water partition coefficient (Wildman–Crippen LogP) is 10.1. The molecule has 3 nitrogen and oxygen atoms in total. The minimum Gasteiger partial charge on any atom is -0.381 e. The van der Waals surface area contributed by atoms with Gasteiger partial charge in [0.1, 0.15) is 0 Å². The number of hydrogen-bond acceptors (Lipinski definition) is 3. The molecule has 0 radical (unpaired) electrons. The van der Waals surface area contributed by atoms with Crippen LogP contribution in [0, 0.1) is 29.6 Å². The van der Waals surface area contributed by atoms with Crippen LogP contribution in [-0.4, -0.2) is 49.5 Å². The van der Waals surface area contributed by atoms with Gasteiger partial charge in [0.25, 0.3) is 0 Å². The Labute approximate surface area is 255 Å².